The van der Waals surface area contributed by atoms with Crippen LogP contribution in [0.3, 0.4) is 0 Å². The van der Waals surface area contributed by atoms with Crippen molar-refractivity contribution < 1.29 is 4.74 Å². The third-order valence-corrected chi connectivity index (χ3v) is 5.45. The molecule has 0 aliphatic rings. The predicted molar refractivity (Wildman–Crippen MR) is 128 cm³/mol. The zero-order valence-electron chi connectivity index (χ0n) is 16.9. The van der Waals surface area contributed by atoms with Crippen molar-refractivity contribution in [3.05, 3.63) is 89.2 Å². The van der Waals surface area contributed by atoms with Crippen LogP contribution in [0, 0.1) is 4.77 Å². The van der Waals surface area contributed by atoms with E-state index in [0.29, 0.717) is 17.2 Å². The second kappa shape index (κ2) is 8.16. The Balaban J connectivity index is 1.63. The number of benzene rings is 4. The smallest absolute Gasteiger partial charge is 0.216 e. The Labute approximate surface area is 184 Å². The lowest BCUT2D eigenvalue weighted by molar-refractivity contribution is 0.340. The number of H-pyrrole nitrogens is 1. The number of rotatable bonds is 5. The van der Waals surface area contributed by atoms with Crippen molar-refractivity contribution >= 4 is 40.0 Å². The number of aromatic nitrogens is 3. The lowest BCUT2D eigenvalue weighted by Gasteiger charge is -2.08. The maximum Gasteiger partial charge on any atom is 0.216 e. The van der Waals surface area contributed by atoms with E-state index in [1.54, 1.807) is 4.68 Å². The summed E-state index contributed by atoms with van der Waals surface area (Å²) in [5.41, 5.74) is 1.95. The van der Waals surface area contributed by atoms with E-state index in [2.05, 4.69) is 40.5 Å². The zero-order chi connectivity index (χ0) is 21.2. The van der Waals surface area contributed by atoms with Gasteiger partial charge in [0.15, 0.2) is 5.82 Å². The van der Waals surface area contributed by atoms with Crippen LogP contribution in [0.15, 0.2) is 84.0 Å². The van der Waals surface area contributed by atoms with Crippen LogP contribution in [-0.4, -0.2) is 27.7 Å². The molecule has 152 valence electrons. The third-order valence-electron chi connectivity index (χ3n) is 5.19. The van der Waals surface area contributed by atoms with Crippen molar-refractivity contribution in [2.24, 2.45) is 5.10 Å². The summed E-state index contributed by atoms with van der Waals surface area (Å²) in [6.45, 7) is 2.59. The summed E-state index contributed by atoms with van der Waals surface area (Å²) in [6, 6.07) is 26.6. The van der Waals surface area contributed by atoms with E-state index in [9.17, 15) is 0 Å². The highest BCUT2D eigenvalue weighted by Crippen LogP contribution is 2.27. The van der Waals surface area contributed by atoms with Gasteiger partial charge in [0, 0.05) is 11.1 Å². The summed E-state index contributed by atoms with van der Waals surface area (Å²) < 4.78 is 7.62. The van der Waals surface area contributed by atoms with E-state index in [0.717, 1.165) is 27.6 Å². The SMILES string of the molecule is CCOc1ccc(-c2n[nH]c(=S)n2/N=C/c2c3ccccc3cc3ccccc23)cc1. The van der Waals surface area contributed by atoms with Gasteiger partial charge in [-0.25, -0.2) is 5.10 Å². The highest BCUT2D eigenvalue weighted by atomic mass is 32.1. The van der Waals surface area contributed by atoms with Crippen LogP contribution in [0.2, 0.25) is 0 Å². The molecule has 5 nitrogen and oxygen atoms in total. The molecule has 0 saturated heterocycles. The first-order valence-electron chi connectivity index (χ1n) is 10.1. The lowest BCUT2D eigenvalue weighted by Crippen LogP contribution is -1.97. The van der Waals surface area contributed by atoms with Crippen molar-refractivity contribution in [3.63, 3.8) is 0 Å². The second-order valence-electron chi connectivity index (χ2n) is 7.10. The molecule has 0 bridgehead atoms. The molecule has 1 N–H and O–H groups in total. The number of hydrogen-bond donors (Lipinski definition) is 1. The third kappa shape index (κ3) is 3.62. The second-order valence-corrected chi connectivity index (χ2v) is 7.49. The van der Waals surface area contributed by atoms with Crippen molar-refractivity contribution in [2.45, 2.75) is 6.92 Å². The highest BCUT2D eigenvalue weighted by Gasteiger charge is 2.10. The lowest BCUT2D eigenvalue weighted by atomic mass is 9.97. The topological polar surface area (TPSA) is 55.2 Å². The van der Waals surface area contributed by atoms with Crippen LogP contribution in [0.25, 0.3) is 32.9 Å². The maximum absolute atomic E-state index is 5.53. The fraction of sp³-hybridized carbons (Fsp3) is 0.0800. The minimum Gasteiger partial charge on any atom is -0.494 e. The van der Waals surface area contributed by atoms with Gasteiger partial charge in [0.25, 0.3) is 0 Å². The van der Waals surface area contributed by atoms with E-state index >= 15 is 0 Å². The van der Waals surface area contributed by atoms with Gasteiger partial charge in [0.1, 0.15) is 5.75 Å². The van der Waals surface area contributed by atoms with Gasteiger partial charge in [0.05, 0.1) is 12.8 Å². The van der Waals surface area contributed by atoms with Gasteiger partial charge in [-0.2, -0.15) is 14.9 Å². The molecular weight excluding hydrogens is 404 g/mol. The van der Waals surface area contributed by atoms with E-state index in [-0.39, 0.29) is 0 Å². The van der Waals surface area contributed by atoms with Crippen LogP contribution in [0.1, 0.15) is 12.5 Å². The molecule has 5 rings (SSSR count). The minimum atomic E-state index is 0.435. The minimum absolute atomic E-state index is 0.435. The van der Waals surface area contributed by atoms with Crippen molar-refractivity contribution in [1.29, 1.82) is 0 Å². The summed E-state index contributed by atoms with van der Waals surface area (Å²) in [5, 5.41) is 16.6. The number of hydrogen-bond acceptors (Lipinski definition) is 4. The molecule has 6 heteroatoms. The number of nitrogens with zero attached hydrogens (tertiary/aromatic N) is 3. The first kappa shape index (κ1) is 19.2. The van der Waals surface area contributed by atoms with Gasteiger partial charge in [-0.15, -0.1) is 0 Å². The van der Waals surface area contributed by atoms with E-state index in [1.165, 1.54) is 10.8 Å². The van der Waals surface area contributed by atoms with Crippen LogP contribution in [0.5, 0.6) is 5.75 Å². The Kier molecular flexibility index (Phi) is 5.06. The number of ether oxygens (including phenoxy) is 1. The van der Waals surface area contributed by atoms with Gasteiger partial charge >= 0.3 is 0 Å². The Hall–Kier alpha value is -3.77. The Morgan fingerprint density at radius 1 is 0.968 bits per heavy atom. The molecule has 0 amide bonds. The maximum atomic E-state index is 5.53. The first-order chi connectivity index (χ1) is 15.2. The quantitative estimate of drug-likeness (QED) is 0.208. The van der Waals surface area contributed by atoms with Gasteiger partial charge < -0.3 is 4.74 Å². The van der Waals surface area contributed by atoms with Gasteiger partial charge in [-0.05, 0) is 71.0 Å². The standard InChI is InChI=1S/C25H20N4OS/c1-2-30-20-13-11-17(12-14-20)24-27-28-25(31)29(24)26-16-23-21-9-5-3-7-18(21)15-19-8-4-6-10-22(19)23/h3-16H,2H2,1H3,(H,28,31)/b26-16+. The molecule has 31 heavy (non-hydrogen) atoms. The van der Waals surface area contributed by atoms with Crippen LogP contribution in [0.4, 0.5) is 0 Å². The molecule has 0 atom stereocenters. The molecule has 1 heterocycles. The summed E-state index contributed by atoms with van der Waals surface area (Å²) in [5.74, 6) is 1.46. The van der Waals surface area contributed by atoms with E-state index < -0.39 is 0 Å². The van der Waals surface area contributed by atoms with Gasteiger partial charge in [-0.3, -0.25) is 0 Å². The molecule has 0 radical (unpaired) electrons. The molecule has 0 spiro atoms. The van der Waals surface area contributed by atoms with Gasteiger partial charge in [-0.1, -0.05) is 48.5 Å². The largest absolute Gasteiger partial charge is 0.494 e. The van der Waals surface area contributed by atoms with Gasteiger partial charge in [0.2, 0.25) is 4.77 Å². The zero-order valence-corrected chi connectivity index (χ0v) is 17.8. The van der Waals surface area contributed by atoms with Crippen molar-refractivity contribution in [2.75, 3.05) is 6.61 Å². The monoisotopic (exact) mass is 424 g/mol. The van der Waals surface area contributed by atoms with E-state index in [1.807, 2.05) is 61.7 Å². The first-order valence-corrected chi connectivity index (χ1v) is 10.5. The molecular formula is C25H20N4OS. The van der Waals surface area contributed by atoms with Crippen molar-refractivity contribution in [1.82, 2.24) is 14.9 Å². The summed E-state index contributed by atoms with van der Waals surface area (Å²) in [4.78, 5) is 0. The average molecular weight is 425 g/mol. The van der Waals surface area contributed by atoms with Crippen LogP contribution in [-0.2, 0) is 0 Å². The Morgan fingerprint density at radius 2 is 1.61 bits per heavy atom. The summed E-state index contributed by atoms with van der Waals surface area (Å²) >= 11 is 5.45. The molecule has 4 aromatic carbocycles. The fourth-order valence-electron chi connectivity index (χ4n) is 3.76. The number of nitrogens with one attached hydrogen (secondary N) is 1. The van der Waals surface area contributed by atoms with Crippen LogP contribution < -0.4 is 4.74 Å². The van der Waals surface area contributed by atoms with E-state index in [4.69, 9.17) is 22.1 Å². The fourth-order valence-corrected chi connectivity index (χ4v) is 3.94. The molecule has 5 aromatic rings. The predicted octanol–water partition coefficient (Wildman–Crippen LogP) is 6.19. The summed E-state index contributed by atoms with van der Waals surface area (Å²) in [7, 11) is 0. The van der Waals surface area contributed by atoms with Crippen molar-refractivity contribution in [3.8, 4) is 17.1 Å². The molecule has 1 aromatic heterocycles. The normalized spacial score (nSPS) is 11.5. The number of aromatic amines is 1. The summed E-state index contributed by atoms with van der Waals surface area (Å²) in [6.07, 6.45) is 1.87. The molecule has 0 aliphatic heterocycles. The van der Waals surface area contributed by atoms with Crippen LogP contribution >= 0.6 is 12.2 Å². The number of fused-ring (bicyclic) bond motifs is 2. The average Bonchev–Trinajstić information content (AvgIpc) is 3.17. The molecule has 0 unspecified atom stereocenters. The molecule has 0 fully saturated rings. The highest BCUT2D eigenvalue weighted by molar-refractivity contribution is 7.71. The molecule has 0 aliphatic carbocycles. The Morgan fingerprint density at radius 3 is 2.26 bits per heavy atom. The molecule has 0 saturated carbocycles. The Bertz CT molecular complexity index is 1410.